The van der Waals surface area contributed by atoms with Gasteiger partial charge in [0.15, 0.2) is 0 Å². The first kappa shape index (κ1) is 64.0. The minimum Gasteiger partial charge on any atom is -1.00 e. The summed E-state index contributed by atoms with van der Waals surface area (Å²) in [7, 11) is 0. The Bertz CT molecular complexity index is 40.0. The molecule has 9 heavy (non-hydrogen) atoms. The maximum atomic E-state index is 9.33. The maximum Gasteiger partial charge on any atom is -0.0549 e. The average molecular weight is 182 g/mol. The summed E-state index contributed by atoms with van der Waals surface area (Å²) in [6.45, 7) is 4.42. The standard InChI is InChI=1S/C3H6O.2ClH.3H3N/c1-3(2)4;;;;;/h4H,1H2,2H3;2*1H;3*1H3. The van der Waals surface area contributed by atoms with E-state index in [1.165, 1.54) is 6.92 Å². The number of quaternary nitrogens is 3. The van der Waals surface area contributed by atoms with Gasteiger partial charge in [-0.05, 0) is 0 Å². The fraction of sp³-hybridized carbons (Fsp3) is 0.333. The summed E-state index contributed by atoms with van der Waals surface area (Å²) in [5, 5.41) is 9.33. The van der Waals surface area contributed by atoms with E-state index in [2.05, 4.69) is 6.58 Å². The highest BCUT2D eigenvalue weighted by Gasteiger charge is 1.36. The van der Waals surface area contributed by atoms with Gasteiger partial charge >= 0.3 is 0 Å². The van der Waals surface area contributed by atoms with Gasteiger partial charge in [0.25, 0.3) is 0 Å². The molecule has 0 amide bonds. The third-order valence-electron chi connectivity index (χ3n) is 0. The molecule has 0 aliphatic carbocycles. The lowest BCUT2D eigenvalue weighted by Crippen LogP contribution is -3.00. The van der Waals surface area contributed by atoms with E-state index in [4.69, 9.17) is 0 Å². The molecule has 0 aromatic heterocycles. The molecule has 0 bridgehead atoms. The summed E-state index contributed by atoms with van der Waals surface area (Å²) < 4.78 is 0. The Morgan fingerprint density at radius 3 is 1.11 bits per heavy atom. The topological polar surface area (TPSA) is 133 Å². The molecule has 12 N–H and O–H groups in total. The second-order valence-electron chi connectivity index (χ2n) is 0.702. The SMILES string of the molecule is C=C(C)[O-].[Cl-].[Cl-].[NH4+].[NH4+].[NH4+]. The minimum atomic E-state index is -0.0833. The van der Waals surface area contributed by atoms with Crippen LogP contribution in [0.2, 0.25) is 0 Å². The molecule has 0 aliphatic rings. The van der Waals surface area contributed by atoms with E-state index in [1.807, 2.05) is 0 Å². The van der Waals surface area contributed by atoms with Crippen LogP contribution in [0.1, 0.15) is 6.92 Å². The highest BCUT2D eigenvalue weighted by Crippen LogP contribution is 1.57. The Labute approximate surface area is 68.3 Å². The van der Waals surface area contributed by atoms with Gasteiger partial charge < -0.3 is 48.4 Å². The molecule has 0 rings (SSSR count). The summed E-state index contributed by atoms with van der Waals surface area (Å²) >= 11 is 0. The fourth-order valence-corrected chi connectivity index (χ4v) is 0. The van der Waals surface area contributed by atoms with E-state index < -0.39 is 0 Å². The molecule has 0 aliphatic heterocycles. The lowest BCUT2D eigenvalue weighted by atomic mass is 10.7. The van der Waals surface area contributed by atoms with Gasteiger partial charge in [-0.15, -0.1) is 12.3 Å². The van der Waals surface area contributed by atoms with Gasteiger partial charge in [0.1, 0.15) is 0 Å². The van der Waals surface area contributed by atoms with Gasteiger partial charge in [-0.2, -0.15) is 0 Å². The first-order chi connectivity index (χ1) is 1.73. The normalized spacial score (nSPS) is 2.78. The second-order valence-corrected chi connectivity index (χ2v) is 0.702. The van der Waals surface area contributed by atoms with Crippen molar-refractivity contribution in [1.82, 2.24) is 18.5 Å². The molecule has 0 atom stereocenters. The van der Waals surface area contributed by atoms with Crippen molar-refractivity contribution < 1.29 is 29.9 Å². The number of hydrogen-bond acceptors (Lipinski definition) is 1. The van der Waals surface area contributed by atoms with Crippen LogP contribution in [0, 0.1) is 0 Å². The molecule has 64 valence electrons. The molecule has 0 saturated heterocycles. The van der Waals surface area contributed by atoms with Crippen LogP contribution in [0.15, 0.2) is 12.3 Å². The van der Waals surface area contributed by atoms with Crippen molar-refractivity contribution in [2.24, 2.45) is 0 Å². The molecule has 0 saturated carbocycles. The predicted octanol–water partition coefficient (Wildman–Crippen LogP) is -4.98. The Balaban J connectivity index is -0.00000000450. The van der Waals surface area contributed by atoms with Gasteiger partial charge in [0.05, 0.1) is 0 Å². The summed E-state index contributed by atoms with van der Waals surface area (Å²) in [6, 6.07) is 0. The van der Waals surface area contributed by atoms with Crippen molar-refractivity contribution in [1.29, 1.82) is 0 Å². The van der Waals surface area contributed by atoms with Gasteiger partial charge in [-0.3, -0.25) is 0 Å². The summed E-state index contributed by atoms with van der Waals surface area (Å²) in [4.78, 5) is 0. The molecule has 0 heterocycles. The van der Waals surface area contributed by atoms with E-state index in [1.54, 1.807) is 0 Å². The molecule has 0 aromatic carbocycles. The third kappa shape index (κ3) is 59800000000000004469972893891035136. The van der Waals surface area contributed by atoms with E-state index in [-0.39, 0.29) is 49.0 Å². The van der Waals surface area contributed by atoms with Crippen molar-refractivity contribution in [2.75, 3.05) is 0 Å². The summed E-state index contributed by atoms with van der Waals surface area (Å²) in [5.74, 6) is -0.0833. The molecule has 4 nitrogen and oxygen atoms in total. The molecule has 0 aromatic rings. The molecule has 0 radical (unpaired) electrons. The van der Waals surface area contributed by atoms with Crippen molar-refractivity contribution in [2.45, 2.75) is 6.92 Å². The van der Waals surface area contributed by atoms with Crippen LogP contribution in [0.25, 0.3) is 0 Å². The van der Waals surface area contributed by atoms with Crippen LogP contribution >= 0.6 is 0 Å². The zero-order valence-electron chi connectivity index (χ0n) is 6.37. The Kier molecular flexibility index (Phi) is 310. The number of rotatable bonds is 0. The highest BCUT2D eigenvalue weighted by molar-refractivity contribution is 4.64. The molecule has 0 spiro atoms. The van der Waals surface area contributed by atoms with Crippen molar-refractivity contribution in [3.05, 3.63) is 12.3 Å². The average Bonchev–Trinajstić information content (AvgIpc) is 0.811. The molecular formula is C3H17Cl2N3O. The smallest absolute Gasteiger partial charge is 0.0549 e. The number of allylic oxidation sites excluding steroid dienone is 1. The molecular weight excluding hydrogens is 165 g/mol. The lowest BCUT2D eigenvalue weighted by Gasteiger charge is -1.92. The summed E-state index contributed by atoms with van der Waals surface area (Å²) in [6.07, 6.45) is 0. The van der Waals surface area contributed by atoms with Crippen LogP contribution in [-0.4, -0.2) is 0 Å². The first-order valence-electron chi connectivity index (χ1n) is 1.06. The van der Waals surface area contributed by atoms with Crippen molar-refractivity contribution in [3.8, 4) is 0 Å². The largest absolute Gasteiger partial charge is 1.00 e. The molecule has 0 unspecified atom stereocenters. The van der Waals surface area contributed by atoms with Gasteiger partial charge in [-0.1, -0.05) is 6.92 Å². The van der Waals surface area contributed by atoms with Crippen molar-refractivity contribution >= 4 is 0 Å². The zero-order valence-corrected chi connectivity index (χ0v) is 7.88. The minimum absolute atomic E-state index is 0. The fourth-order valence-electron chi connectivity index (χ4n) is 0. The Hall–Kier alpha value is -0.0000000000000000694. The molecule has 6 heteroatoms. The van der Waals surface area contributed by atoms with Crippen LogP contribution in [0.3, 0.4) is 0 Å². The third-order valence-corrected chi connectivity index (χ3v) is 0. The van der Waals surface area contributed by atoms with Crippen LogP contribution in [-0.2, 0) is 0 Å². The van der Waals surface area contributed by atoms with Crippen LogP contribution < -0.4 is 48.4 Å². The predicted molar refractivity (Wildman–Crippen MR) is 32.8 cm³/mol. The first-order valence-corrected chi connectivity index (χ1v) is 1.06. The van der Waals surface area contributed by atoms with Gasteiger partial charge in [0, 0.05) is 0 Å². The van der Waals surface area contributed by atoms with E-state index in [9.17, 15) is 5.11 Å². The molecule has 0 fully saturated rings. The summed E-state index contributed by atoms with van der Waals surface area (Å²) in [5.41, 5.74) is 0. The quantitative estimate of drug-likeness (QED) is 0.318. The van der Waals surface area contributed by atoms with Crippen LogP contribution in [0.5, 0.6) is 0 Å². The van der Waals surface area contributed by atoms with Gasteiger partial charge in [0.2, 0.25) is 0 Å². The Morgan fingerprint density at radius 1 is 1.11 bits per heavy atom. The van der Waals surface area contributed by atoms with Crippen LogP contribution in [0.4, 0.5) is 0 Å². The number of halogens is 2. The Morgan fingerprint density at radius 2 is 1.11 bits per heavy atom. The van der Waals surface area contributed by atoms with E-state index in [0.717, 1.165) is 0 Å². The monoisotopic (exact) mass is 181 g/mol. The second kappa shape index (κ2) is 43.6. The van der Waals surface area contributed by atoms with Gasteiger partial charge in [-0.25, -0.2) is 0 Å². The van der Waals surface area contributed by atoms with E-state index >= 15 is 0 Å². The number of hydrogen-bond donors (Lipinski definition) is 3. The highest BCUT2D eigenvalue weighted by atomic mass is 35.5. The van der Waals surface area contributed by atoms with Crippen molar-refractivity contribution in [3.63, 3.8) is 0 Å². The zero-order chi connectivity index (χ0) is 3.58. The van der Waals surface area contributed by atoms with E-state index in [0.29, 0.717) is 0 Å². The maximum absolute atomic E-state index is 9.33. The lowest BCUT2D eigenvalue weighted by molar-refractivity contribution is -0.300.